The predicted octanol–water partition coefficient (Wildman–Crippen LogP) is 4.56. The number of ether oxygens (including phenoxy) is 1. The second kappa shape index (κ2) is 7.94. The molecule has 1 amide bonds. The molecule has 2 aromatic carbocycles. The van der Waals surface area contributed by atoms with Crippen LogP contribution in [0.15, 0.2) is 53.9 Å². The van der Waals surface area contributed by atoms with Crippen molar-refractivity contribution in [2.45, 2.75) is 19.8 Å². The first-order valence-electron chi connectivity index (χ1n) is 8.16. The number of anilines is 1. The van der Waals surface area contributed by atoms with Gasteiger partial charge in [-0.3, -0.25) is 4.79 Å². The number of thiazole rings is 1. The van der Waals surface area contributed by atoms with Crippen molar-refractivity contribution in [3.63, 3.8) is 0 Å². The van der Waals surface area contributed by atoms with Crippen molar-refractivity contribution in [1.82, 2.24) is 4.98 Å². The number of nitrogens with zero attached hydrogens (tertiary/aromatic N) is 1. The Labute approximate surface area is 151 Å². The highest BCUT2D eigenvalue weighted by atomic mass is 32.1. The van der Waals surface area contributed by atoms with E-state index < -0.39 is 0 Å². The average Bonchev–Trinajstić information content (AvgIpc) is 3.10. The van der Waals surface area contributed by atoms with Crippen LogP contribution in [0.25, 0.3) is 10.6 Å². The van der Waals surface area contributed by atoms with E-state index in [4.69, 9.17) is 4.74 Å². The van der Waals surface area contributed by atoms with Gasteiger partial charge in [0, 0.05) is 16.6 Å². The van der Waals surface area contributed by atoms with E-state index in [0.29, 0.717) is 0 Å². The molecule has 0 saturated carbocycles. The summed E-state index contributed by atoms with van der Waals surface area (Å²) in [6.07, 6.45) is 1.15. The lowest BCUT2D eigenvalue weighted by Crippen LogP contribution is -2.15. The number of aromatic nitrogens is 1. The smallest absolute Gasteiger partial charge is 0.230 e. The third-order valence-electron chi connectivity index (χ3n) is 3.90. The van der Waals surface area contributed by atoms with Crippen molar-refractivity contribution in [2.24, 2.45) is 0 Å². The Morgan fingerprint density at radius 3 is 2.64 bits per heavy atom. The molecule has 128 valence electrons. The van der Waals surface area contributed by atoms with E-state index in [-0.39, 0.29) is 12.3 Å². The molecule has 1 heterocycles. The monoisotopic (exact) mass is 352 g/mol. The zero-order chi connectivity index (χ0) is 17.6. The van der Waals surface area contributed by atoms with Crippen molar-refractivity contribution in [2.75, 3.05) is 12.4 Å². The molecule has 0 aliphatic carbocycles. The number of para-hydroxylation sites is 1. The minimum Gasteiger partial charge on any atom is -0.497 e. The van der Waals surface area contributed by atoms with Gasteiger partial charge in [0.1, 0.15) is 10.8 Å². The van der Waals surface area contributed by atoms with E-state index in [0.717, 1.165) is 39.7 Å². The van der Waals surface area contributed by atoms with Gasteiger partial charge in [0.25, 0.3) is 0 Å². The average molecular weight is 352 g/mol. The Hall–Kier alpha value is -2.66. The van der Waals surface area contributed by atoms with Gasteiger partial charge in [-0.1, -0.05) is 25.1 Å². The summed E-state index contributed by atoms with van der Waals surface area (Å²) in [5, 5.41) is 5.82. The minimum atomic E-state index is -0.0486. The Kier molecular flexibility index (Phi) is 5.46. The largest absolute Gasteiger partial charge is 0.497 e. The molecular weight excluding hydrogens is 332 g/mol. The summed E-state index contributed by atoms with van der Waals surface area (Å²) < 4.78 is 5.17. The molecule has 0 atom stereocenters. The van der Waals surface area contributed by atoms with Crippen molar-refractivity contribution >= 4 is 22.9 Å². The number of methoxy groups -OCH3 is 1. The number of hydrogen-bond donors (Lipinski definition) is 1. The molecule has 0 fully saturated rings. The van der Waals surface area contributed by atoms with Gasteiger partial charge in [-0.05, 0) is 42.3 Å². The molecule has 5 heteroatoms. The van der Waals surface area contributed by atoms with Gasteiger partial charge >= 0.3 is 0 Å². The molecule has 1 N–H and O–H groups in total. The molecule has 0 saturated heterocycles. The first kappa shape index (κ1) is 17.2. The van der Waals surface area contributed by atoms with E-state index in [2.05, 4.69) is 17.2 Å². The third kappa shape index (κ3) is 4.25. The number of hydrogen-bond acceptors (Lipinski definition) is 4. The van der Waals surface area contributed by atoms with Crippen molar-refractivity contribution in [3.05, 3.63) is 65.2 Å². The summed E-state index contributed by atoms with van der Waals surface area (Å²) in [5.74, 6) is 0.766. The van der Waals surface area contributed by atoms with Gasteiger partial charge in [-0.2, -0.15) is 0 Å². The third-order valence-corrected chi connectivity index (χ3v) is 4.84. The molecule has 1 aromatic heterocycles. The zero-order valence-electron chi connectivity index (χ0n) is 14.3. The van der Waals surface area contributed by atoms with Crippen LogP contribution in [0.1, 0.15) is 18.2 Å². The molecule has 0 bridgehead atoms. The predicted molar refractivity (Wildman–Crippen MR) is 102 cm³/mol. The summed E-state index contributed by atoms with van der Waals surface area (Å²) in [4.78, 5) is 16.9. The quantitative estimate of drug-likeness (QED) is 0.707. The highest BCUT2D eigenvalue weighted by Crippen LogP contribution is 2.26. The maximum atomic E-state index is 12.3. The molecule has 3 rings (SSSR count). The fourth-order valence-electron chi connectivity index (χ4n) is 2.56. The van der Waals surface area contributed by atoms with Crippen LogP contribution in [0.3, 0.4) is 0 Å². The first-order chi connectivity index (χ1) is 12.2. The number of amides is 1. The van der Waals surface area contributed by atoms with E-state index >= 15 is 0 Å². The van der Waals surface area contributed by atoms with Gasteiger partial charge in [-0.15, -0.1) is 11.3 Å². The SMILES string of the molecule is CCc1ccccc1NC(=O)Cc1csc(-c2ccc(OC)cc2)n1. The fraction of sp³-hybridized carbons (Fsp3) is 0.200. The fourth-order valence-corrected chi connectivity index (χ4v) is 3.39. The lowest BCUT2D eigenvalue weighted by molar-refractivity contribution is -0.115. The lowest BCUT2D eigenvalue weighted by atomic mass is 10.1. The number of benzene rings is 2. The molecule has 0 radical (unpaired) electrons. The molecule has 0 aliphatic heterocycles. The number of carbonyl (C=O) groups is 1. The number of nitrogens with one attached hydrogen (secondary N) is 1. The number of carbonyl (C=O) groups excluding carboxylic acids is 1. The van der Waals surface area contributed by atoms with Crippen molar-refractivity contribution in [1.29, 1.82) is 0 Å². The topological polar surface area (TPSA) is 51.2 Å². The maximum Gasteiger partial charge on any atom is 0.230 e. The first-order valence-corrected chi connectivity index (χ1v) is 9.04. The summed E-state index contributed by atoms with van der Waals surface area (Å²) in [5.41, 5.74) is 3.81. The molecule has 4 nitrogen and oxygen atoms in total. The lowest BCUT2D eigenvalue weighted by Gasteiger charge is -2.08. The van der Waals surface area contributed by atoms with Crippen LogP contribution in [-0.2, 0) is 17.6 Å². The molecule has 3 aromatic rings. The zero-order valence-corrected chi connectivity index (χ0v) is 15.1. The Morgan fingerprint density at radius 2 is 1.92 bits per heavy atom. The van der Waals surface area contributed by atoms with Crippen LogP contribution >= 0.6 is 11.3 Å². The molecular formula is C20H20N2O2S. The van der Waals surface area contributed by atoms with Gasteiger partial charge in [0.15, 0.2) is 0 Å². The summed E-state index contributed by atoms with van der Waals surface area (Å²) in [6, 6.07) is 15.6. The minimum absolute atomic E-state index is 0.0486. The second-order valence-electron chi connectivity index (χ2n) is 5.61. The number of rotatable bonds is 6. The van der Waals surface area contributed by atoms with E-state index in [1.807, 2.05) is 53.9 Å². The molecule has 0 spiro atoms. The maximum absolute atomic E-state index is 12.3. The van der Waals surface area contributed by atoms with Crippen LogP contribution in [0.2, 0.25) is 0 Å². The van der Waals surface area contributed by atoms with Gasteiger partial charge in [0.05, 0.1) is 19.2 Å². The van der Waals surface area contributed by atoms with Crippen LogP contribution in [0.4, 0.5) is 5.69 Å². The van der Waals surface area contributed by atoms with Crippen molar-refractivity contribution in [3.8, 4) is 16.3 Å². The van der Waals surface area contributed by atoms with E-state index in [9.17, 15) is 4.79 Å². The molecule has 25 heavy (non-hydrogen) atoms. The summed E-state index contributed by atoms with van der Waals surface area (Å²) in [7, 11) is 1.64. The van der Waals surface area contributed by atoms with Crippen molar-refractivity contribution < 1.29 is 9.53 Å². The van der Waals surface area contributed by atoms with Crippen LogP contribution in [0, 0.1) is 0 Å². The Morgan fingerprint density at radius 1 is 1.16 bits per heavy atom. The van der Waals surface area contributed by atoms with Crippen LogP contribution in [0.5, 0.6) is 5.75 Å². The Bertz CT molecular complexity index is 856. The van der Waals surface area contributed by atoms with E-state index in [1.165, 1.54) is 0 Å². The normalized spacial score (nSPS) is 10.5. The highest BCUT2D eigenvalue weighted by Gasteiger charge is 2.11. The standard InChI is InChI=1S/C20H20N2O2S/c1-3-14-6-4-5-7-18(14)22-19(23)12-16-13-25-20(21-16)15-8-10-17(24-2)11-9-15/h4-11,13H,3,12H2,1-2H3,(H,22,23). The Balaban J connectivity index is 1.67. The summed E-state index contributed by atoms with van der Waals surface area (Å²) >= 11 is 1.54. The highest BCUT2D eigenvalue weighted by molar-refractivity contribution is 7.13. The summed E-state index contributed by atoms with van der Waals surface area (Å²) in [6.45, 7) is 2.08. The van der Waals surface area contributed by atoms with Crippen LogP contribution < -0.4 is 10.1 Å². The molecule has 0 aliphatic rings. The van der Waals surface area contributed by atoms with Gasteiger partial charge < -0.3 is 10.1 Å². The van der Waals surface area contributed by atoms with E-state index in [1.54, 1.807) is 18.4 Å². The molecule has 0 unspecified atom stereocenters. The number of aryl methyl sites for hydroxylation is 1. The second-order valence-corrected chi connectivity index (χ2v) is 6.47. The van der Waals surface area contributed by atoms with Crippen LogP contribution in [-0.4, -0.2) is 18.0 Å². The van der Waals surface area contributed by atoms with Gasteiger partial charge in [0.2, 0.25) is 5.91 Å². The van der Waals surface area contributed by atoms with Gasteiger partial charge in [-0.25, -0.2) is 4.98 Å².